The van der Waals surface area contributed by atoms with E-state index in [1.54, 1.807) is 11.3 Å². The summed E-state index contributed by atoms with van der Waals surface area (Å²) >= 11 is 1.65. The van der Waals surface area contributed by atoms with Crippen molar-refractivity contribution in [2.45, 2.75) is 32.0 Å². The summed E-state index contributed by atoms with van der Waals surface area (Å²) in [5, 5.41) is 4.41. The maximum atomic E-state index is 12.6. The van der Waals surface area contributed by atoms with Gasteiger partial charge in [-0.1, -0.05) is 0 Å². The van der Waals surface area contributed by atoms with E-state index in [2.05, 4.69) is 15.3 Å². The van der Waals surface area contributed by atoms with Gasteiger partial charge in [0.1, 0.15) is 12.0 Å². The number of carbonyl (C=O) groups excluding carboxylic acids is 1. The first-order valence-corrected chi connectivity index (χ1v) is 9.46. The molecule has 1 N–H and O–H groups in total. The first-order valence-electron chi connectivity index (χ1n) is 8.64. The van der Waals surface area contributed by atoms with E-state index in [1.165, 1.54) is 6.26 Å². The number of oxazole rings is 1. The highest BCUT2D eigenvalue weighted by molar-refractivity contribution is 7.18. The summed E-state index contributed by atoms with van der Waals surface area (Å²) in [6, 6.07) is 6.50. The second-order valence-corrected chi connectivity index (χ2v) is 7.96. The lowest BCUT2D eigenvalue weighted by Crippen LogP contribution is -2.46. The summed E-state index contributed by atoms with van der Waals surface area (Å²) in [7, 11) is 0. The maximum Gasteiger partial charge on any atom is 0.276 e. The SMILES string of the molecule is Cc1nc2cc(OCc3nc(C(=O)N4C[C@@H]5C[C@H]4CN5)co3)ccc2s1. The fourth-order valence-electron chi connectivity index (χ4n) is 3.69. The number of aryl methyl sites for hydroxylation is 1. The number of likely N-dealkylation sites (tertiary alicyclic amines) is 1. The number of nitrogens with zero attached hydrogens (tertiary/aromatic N) is 3. The van der Waals surface area contributed by atoms with Crippen LogP contribution in [0, 0.1) is 6.92 Å². The van der Waals surface area contributed by atoms with Gasteiger partial charge in [-0.05, 0) is 25.5 Å². The minimum absolute atomic E-state index is 0.0617. The first-order chi connectivity index (χ1) is 12.7. The summed E-state index contributed by atoms with van der Waals surface area (Å²) in [4.78, 5) is 23.3. The smallest absolute Gasteiger partial charge is 0.276 e. The van der Waals surface area contributed by atoms with Crippen LogP contribution >= 0.6 is 11.3 Å². The molecule has 2 atom stereocenters. The number of ether oxygens (including phenoxy) is 1. The van der Waals surface area contributed by atoms with Gasteiger partial charge in [0.25, 0.3) is 5.91 Å². The van der Waals surface area contributed by atoms with E-state index >= 15 is 0 Å². The molecule has 1 amide bonds. The minimum atomic E-state index is -0.0617. The highest BCUT2D eigenvalue weighted by atomic mass is 32.1. The van der Waals surface area contributed by atoms with E-state index in [9.17, 15) is 4.79 Å². The van der Waals surface area contributed by atoms with E-state index < -0.39 is 0 Å². The zero-order valence-corrected chi connectivity index (χ0v) is 15.1. The Morgan fingerprint density at radius 1 is 1.46 bits per heavy atom. The van der Waals surface area contributed by atoms with Crippen molar-refractivity contribution in [3.8, 4) is 5.75 Å². The third-order valence-electron chi connectivity index (χ3n) is 4.92. The van der Waals surface area contributed by atoms with E-state index in [4.69, 9.17) is 9.15 Å². The van der Waals surface area contributed by atoms with Crippen LogP contribution in [0.5, 0.6) is 5.75 Å². The van der Waals surface area contributed by atoms with Gasteiger partial charge in [-0.3, -0.25) is 4.79 Å². The van der Waals surface area contributed by atoms with E-state index in [0.29, 0.717) is 23.4 Å². The van der Waals surface area contributed by atoms with Gasteiger partial charge in [0.15, 0.2) is 12.3 Å². The number of hydrogen-bond acceptors (Lipinski definition) is 7. The number of hydrogen-bond donors (Lipinski definition) is 1. The number of benzene rings is 1. The Labute approximate surface area is 154 Å². The van der Waals surface area contributed by atoms with Crippen LogP contribution in [0.4, 0.5) is 0 Å². The van der Waals surface area contributed by atoms with Gasteiger partial charge < -0.3 is 19.4 Å². The normalized spacial score (nSPS) is 21.7. The Kier molecular flexibility index (Phi) is 3.68. The molecule has 3 aromatic rings. The lowest BCUT2D eigenvalue weighted by atomic mass is 10.2. The molecule has 0 unspecified atom stereocenters. The number of nitrogens with one attached hydrogen (secondary N) is 1. The zero-order valence-electron chi connectivity index (χ0n) is 14.3. The van der Waals surface area contributed by atoms with Gasteiger partial charge in [0, 0.05) is 31.2 Å². The highest BCUT2D eigenvalue weighted by Gasteiger charge is 2.41. The average molecular weight is 370 g/mol. The van der Waals surface area contributed by atoms with Gasteiger partial charge >= 0.3 is 0 Å². The van der Waals surface area contributed by atoms with Crippen molar-refractivity contribution >= 4 is 27.5 Å². The monoisotopic (exact) mass is 370 g/mol. The second-order valence-electron chi connectivity index (χ2n) is 6.73. The summed E-state index contributed by atoms with van der Waals surface area (Å²) in [6.07, 6.45) is 2.45. The van der Waals surface area contributed by atoms with Gasteiger partial charge in [0.2, 0.25) is 5.89 Å². The molecule has 8 heteroatoms. The number of rotatable bonds is 4. The Bertz CT molecular complexity index is 982. The lowest BCUT2D eigenvalue weighted by molar-refractivity contribution is 0.0710. The molecule has 0 radical (unpaired) electrons. The lowest BCUT2D eigenvalue weighted by Gasteiger charge is -2.26. The van der Waals surface area contributed by atoms with Crippen molar-refractivity contribution in [1.29, 1.82) is 0 Å². The van der Waals surface area contributed by atoms with Crippen molar-refractivity contribution in [3.05, 3.63) is 41.1 Å². The summed E-state index contributed by atoms with van der Waals surface area (Å²) in [5.74, 6) is 1.04. The molecule has 4 heterocycles. The topological polar surface area (TPSA) is 80.5 Å². The van der Waals surface area contributed by atoms with Gasteiger partial charge in [-0.15, -0.1) is 11.3 Å². The molecule has 7 nitrogen and oxygen atoms in total. The van der Waals surface area contributed by atoms with Gasteiger partial charge in [0.05, 0.1) is 15.2 Å². The summed E-state index contributed by atoms with van der Waals surface area (Å²) < 4.78 is 12.3. The quantitative estimate of drug-likeness (QED) is 0.759. The number of thiazole rings is 1. The molecular formula is C18H18N4O3S. The number of carbonyl (C=O) groups is 1. The fourth-order valence-corrected chi connectivity index (χ4v) is 4.50. The standard InChI is InChI=1S/C18H18N4O3S/c1-10-20-14-5-13(2-3-16(14)26-10)24-9-17-21-15(8-25-17)18(23)22-7-11-4-12(22)6-19-11/h2-3,5,8,11-12,19H,4,6-7,9H2,1H3/t11-,12-/m0/s1. The summed E-state index contributed by atoms with van der Waals surface area (Å²) in [5.41, 5.74) is 1.27. The molecule has 134 valence electrons. The van der Waals surface area contributed by atoms with Crippen molar-refractivity contribution in [1.82, 2.24) is 20.2 Å². The van der Waals surface area contributed by atoms with Crippen LogP contribution in [0.2, 0.25) is 0 Å². The number of piperazine rings is 1. The van der Waals surface area contributed by atoms with Crippen molar-refractivity contribution < 1.29 is 13.9 Å². The van der Waals surface area contributed by atoms with Gasteiger partial charge in [-0.2, -0.15) is 0 Å². The van der Waals surface area contributed by atoms with Crippen molar-refractivity contribution in [2.75, 3.05) is 13.1 Å². The Hall–Kier alpha value is -2.45. The fraction of sp³-hybridized carbons (Fsp3) is 0.389. The van der Waals surface area contributed by atoms with Crippen LogP contribution in [-0.2, 0) is 6.61 Å². The van der Waals surface area contributed by atoms with Crippen LogP contribution in [0.3, 0.4) is 0 Å². The van der Waals surface area contributed by atoms with Crippen molar-refractivity contribution in [2.24, 2.45) is 0 Å². The third-order valence-corrected chi connectivity index (χ3v) is 5.87. The molecule has 0 saturated carbocycles. The molecule has 2 bridgehead atoms. The van der Waals surface area contributed by atoms with Crippen LogP contribution in [0.15, 0.2) is 28.9 Å². The highest BCUT2D eigenvalue weighted by Crippen LogP contribution is 2.27. The average Bonchev–Trinajstić information content (AvgIpc) is 3.41. The molecule has 1 aromatic carbocycles. The molecule has 2 aliphatic rings. The predicted molar refractivity (Wildman–Crippen MR) is 96.4 cm³/mol. The van der Waals surface area contributed by atoms with E-state index in [1.807, 2.05) is 30.0 Å². The van der Waals surface area contributed by atoms with Crippen LogP contribution in [0.1, 0.15) is 27.8 Å². The number of amides is 1. The first kappa shape index (κ1) is 15.8. The molecule has 2 fully saturated rings. The Morgan fingerprint density at radius 2 is 2.38 bits per heavy atom. The van der Waals surface area contributed by atoms with Crippen LogP contribution in [-0.4, -0.2) is 45.9 Å². The minimum Gasteiger partial charge on any atom is -0.484 e. The van der Waals surface area contributed by atoms with E-state index in [-0.39, 0.29) is 18.6 Å². The molecule has 5 rings (SSSR count). The van der Waals surface area contributed by atoms with Crippen LogP contribution in [0.25, 0.3) is 10.2 Å². The number of fused-ring (bicyclic) bond motifs is 3. The van der Waals surface area contributed by atoms with E-state index in [0.717, 1.165) is 34.7 Å². The van der Waals surface area contributed by atoms with Crippen LogP contribution < -0.4 is 10.1 Å². The Balaban J connectivity index is 1.25. The maximum absolute atomic E-state index is 12.6. The molecule has 26 heavy (non-hydrogen) atoms. The van der Waals surface area contributed by atoms with Gasteiger partial charge in [-0.25, -0.2) is 9.97 Å². The number of aromatic nitrogens is 2. The summed E-state index contributed by atoms with van der Waals surface area (Å²) in [6.45, 7) is 3.77. The molecule has 2 aromatic heterocycles. The molecular weight excluding hydrogens is 352 g/mol. The molecule has 2 aliphatic heterocycles. The molecule has 0 spiro atoms. The molecule has 0 aliphatic carbocycles. The predicted octanol–water partition coefficient (Wildman–Crippen LogP) is 2.36. The molecule has 2 saturated heterocycles. The van der Waals surface area contributed by atoms with Crippen molar-refractivity contribution in [3.63, 3.8) is 0 Å². The zero-order chi connectivity index (χ0) is 17.7. The second kappa shape index (κ2) is 6.07. The Morgan fingerprint density at radius 3 is 3.19 bits per heavy atom. The largest absolute Gasteiger partial charge is 0.484 e. The third kappa shape index (κ3) is 2.75.